The van der Waals surface area contributed by atoms with Crippen LogP contribution >= 0.6 is 11.6 Å². The molecule has 2 aromatic carbocycles. The molecule has 4 nitrogen and oxygen atoms in total. The number of rotatable bonds is 3. The topological polar surface area (TPSA) is 68.0 Å². The number of nitrogens with zero attached hydrogens (tertiary/aromatic N) is 1. The van der Waals surface area contributed by atoms with Crippen LogP contribution in [0.1, 0.15) is 37.2 Å². The van der Waals surface area contributed by atoms with Gasteiger partial charge >= 0.3 is 0 Å². The number of nitrogens with one attached hydrogen (secondary N) is 1. The Morgan fingerprint density at radius 3 is 2.62 bits per heavy atom. The number of hydrogen-bond donors (Lipinski definition) is 2. The van der Waals surface area contributed by atoms with Crippen LogP contribution in [0.4, 0.5) is 20.2 Å². The number of carbonyl (C=O) groups excluding carboxylic acids is 1. The van der Waals surface area contributed by atoms with Crippen LogP contribution in [0.2, 0.25) is 5.02 Å². The molecule has 1 saturated carbocycles. The summed E-state index contributed by atoms with van der Waals surface area (Å²) in [7, 11) is 0. The number of nitrogens with two attached hydrogens (primary N) is 1. The standard InChI is InChI=1S/C22H20ClF2N3O/c23-17-10-19(26)21(11-18(17)25)28-22(29)13-3-1-12(2-4-13)15-7-8-27-20-6-5-14(24)9-16(15)20/h5-13H,1-4,26H2,(H,28,29). The van der Waals surface area contributed by atoms with Crippen molar-refractivity contribution in [1.82, 2.24) is 4.98 Å². The number of hydrogen-bond acceptors (Lipinski definition) is 3. The highest BCUT2D eigenvalue weighted by molar-refractivity contribution is 6.31. The van der Waals surface area contributed by atoms with Gasteiger partial charge < -0.3 is 11.1 Å². The van der Waals surface area contributed by atoms with Crippen molar-refractivity contribution >= 4 is 39.8 Å². The van der Waals surface area contributed by atoms with E-state index in [9.17, 15) is 13.6 Å². The van der Waals surface area contributed by atoms with Gasteiger partial charge in [0.15, 0.2) is 0 Å². The van der Waals surface area contributed by atoms with E-state index in [1.807, 2.05) is 6.07 Å². The Labute approximate surface area is 172 Å². The summed E-state index contributed by atoms with van der Waals surface area (Å²) < 4.78 is 27.4. The molecule has 1 aromatic heterocycles. The van der Waals surface area contributed by atoms with E-state index in [2.05, 4.69) is 10.3 Å². The average molecular weight is 416 g/mol. The summed E-state index contributed by atoms with van der Waals surface area (Å²) in [6.07, 6.45) is 4.72. The molecule has 1 aliphatic rings. The molecule has 4 rings (SSSR count). The van der Waals surface area contributed by atoms with Crippen LogP contribution in [0.5, 0.6) is 0 Å². The van der Waals surface area contributed by atoms with E-state index >= 15 is 0 Å². The maximum Gasteiger partial charge on any atom is 0.227 e. The number of anilines is 2. The second-order valence-corrected chi connectivity index (χ2v) is 7.86. The minimum Gasteiger partial charge on any atom is -0.397 e. The van der Waals surface area contributed by atoms with Crippen molar-refractivity contribution in [2.75, 3.05) is 11.1 Å². The molecule has 1 fully saturated rings. The maximum absolute atomic E-state index is 13.7. The highest BCUT2D eigenvalue weighted by atomic mass is 35.5. The van der Waals surface area contributed by atoms with Crippen molar-refractivity contribution in [3.8, 4) is 0 Å². The smallest absolute Gasteiger partial charge is 0.227 e. The van der Waals surface area contributed by atoms with Gasteiger partial charge in [-0.3, -0.25) is 9.78 Å². The zero-order valence-electron chi connectivity index (χ0n) is 15.6. The number of halogens is 3. The minimum absolute atomic E-state index is 0.0815. The predicted octanol–water partition coefficient (Wildman–Crippen LogP) is 5.66. The van der Waals surface area contributed by atoms with Gasteiger partial charge in [-0.2, -0.15) is 0 Å². The third-order valence-electron chi connectivity index (χ3n) is 5.63. The molecule has 0 atom stereocenters. The molecule has 0 radical (unpaired) electrons. The lowest BCUT2D eigenvalue weighted by molar-refractivity contribution is -0.120. The van der Waals surface area contributed by atoms with E-state index < -0.39 is 5.82 Å². The Bertz CT molecular complexity index is 1080. The van der Waals surface area contributed by atoms with E-state index in [-0.39, 0.29) is 40.0 Å². The second-order valence-electron chi connectivity index (χ2n) is 7.45. The molecular formula is C22H20ClF2N3O. The lowest BCUT2D eigenvalue weighted by Crippen LogP contribution is -2.27. The fourth-order valence-corrected chi connectivity index (χ4v) is 4.24. The van der Waals surface area contributed by atoms with Crippen LogP contribution < -0.4 is 11.1 Å². The van der Waals surface area contributed by atoms with Gasteiger partial charge in [0, 0.05) is 23.6 Å². The number of aromatic nitrogens is 1. The summed E-state index contributed by atoms with van der Waals surface area (Å²) in [6, 6.07) is 8.98. The van der Waals surface area contributed by atoms with Crippen molar-refractivity contribution in [2.45, 2.75) is 31.6 Å². The Hall–Kier alpha value is -2.73. The summed E-state index contributed by atoms with van der Waals surface area (Å²) >= 11 is 5.70. The van der Waals surface area contributed by atoms with Crippen molar-refractivity contribution in [3.05, 3.63) is 64.8 Å². The highest BCUT2D eigenvalue weighted by Gasteiger charge is 2.28. The van der Waals surface area contributed by atoms with Crippen LogP contribution in [0.15, 0.2) is 42.6 Å². The number of nitrogen functional groups attached to an aromatic ring is 1. The molecule has 1 heterocycles. The van der Waals surface area contributed by atoms with E-state index in [4.69, 9.17) is 17.3 Å². The minimum atomic E-state index is -0.628. The SMILES string of the molecule is Nc1cc(Cl)c(F)cc1NC(=O)C1CCC(c2ccnc3ccc(F)cc23)CC1. The largest absolute Gasteiger partial charge is 0.397 e. The van der Waals surface area contributed by atoms with Crippen LogP contribution in [0.25, 0.3) is 10.9 Å². The molecule has 29 heavy (non-hydrogen) atoms. The summed E-state index contributed by atoms with van der Waals surface area (Å²) in [4.78, 5) is 16.9. The monoisotopic (exact) mass is 415 g/mol. The highest BCUT2D eigenvalue weighted by Crippen LogP contribution is 2.39. The Morgan fingerprint density at radius 2 is 1.86 bits per heavy atom. The fraction of sp³-hybridized carbons (Fsp3) is 0.273. The zero-order valence-corrected chi connectivity index (χ0v) is 16.3. The molecule has 0 bridgehead atoms. The summed E-state index contributed by atoms with van der Waals surface area (Å²) in [5.41, 5.74) is 8.12. The number of benzene rings is 2. The van der Waals surface area contributed by atoms with Gasteiger partial charge in [-0.05, 0) is 67.5 Å². The van der Waals surface area contributed by atoms with Crippen molar-refractivity contribution in [2.24, 2.45) is 5.92 Å². The maximum atomic E-state index is 13.7. The molecule has 1 amide bonds. The van der Waals surface area contributed by atoms with Gasteiger partial charge in [-0.15, -0.1) is 0 Å². The van der Waals surface area contributed by atoms with Gasteiger partial charge in [0.25, 0.3) is 0 Å². The molecule has 3 aromatic rings. The lowest BCUT2D eigenvalue weighted by atomic mass is 9.77. The van der Waals surface area contributed by atoms with Gasteiger partial charge in [0.05, 0.1) is 21.9 Å². The van der Waals surface area contributed by atoms with Crippen LogP contribution in [-0.4, -0.2) is 10.9 Å². The average Bonchev–Trinajstić information content (AvgIpc) is 2.71. The Kier molecular flexibility index (Phi) is 5.37. The first kappa shape index (κ1) is 19.6. The third kappa shape index (κ3) is 4.03. The van der Waals surface area contributed by atoms with E-state index in [1.54, 1.807) is 12.3 Å². The normalized spacial score (nSPS) is 19.3. The molecule has 0 aliphatic heterocycles. The van der Waals surface area contributed by atoms with Crippen LogP contribution in [0, 0.1) is 17.6 Å². The van der Waals surface area contributed by atoms with Gasteiger partial charge in [-0.1, -0.05) is 11.6 Å². The summed E-state index contributed by atoms with van der Waals surface area (Å²) in [5.74, 6) is -1.04. The third-order valence-corrected chi connectivity index (χ3v) is 5.92. The van der Waals surface area contributed by atoms with Gasteiger partial charge in [0.1, 0.15) is 11.6 Å². The Morgan fingerprint density at radius 1 is 1.10 bits per heavy atom. The number of fused-ring (bicyclic) bond motifs is 1. The van der Waals surface area contributed by atoms with Crippen molar-refractivity contribution < 1.29 is 13.6 Å². The molecule has 150 valence electrons. The lowest BCUT2D eigenvalue weighted by Gasteiger charge is -2.29. The fourth-order valence-electron chi connectivity index (χ4n) is 4.07. The zero-order chi connectivity index (χ0) is 20.5. The molecule has 0 spiro atoms. The van der Waals surface area contributed by atoms with Crippen molar-refractivity contribution in [3.63, 3.8) is 0 Å². The number of pyridine rings is 1. The van der Waals surface area contributed by atoms with Crippen LogP contribution in [0.3, 0.4) is 0 Å². The first-order valence-electron chi connectivity index (χ1n) is 9.52. The Balaban J connectivity index is 1.45. The number of amides is 1. The molecule has 0 unspecified atom stereocenters. The van der Waals surface area contributed by atoms with Gasteiger partial charge in [0.2, 0.25) is 5.91 Å². The van der Waals surface area contributed by atoms with Gasteiger partial charge in [-0.25, -0.2) is 8.78 Å². The van der Waals surface area contributed by atoms with E-state index in [0.717, 1.165) is 35.4 Å². The van der Waals surface area contributed by atoms with Crippen LogP contribution in [-0.2, 0) is 4.79 Å². The molecule has 1 aliphatic carbocycles. The second kappa shape index (κ2) is 7.95. The first-order valence-corrected chi connectivity index (χ1v) is 9.89. The molecular weight excluding hydrogens is 396 g/mol. The number of carbonyl (C=O) groups is 1. The van der Waals surface area contributed by atoms with Crippen molar-refractivity contribution in [1.29, 1.82) is 0 Å². The summed E-state index contributed by atoms with van der Waals surface area (Å²) in [5, 5.41) is 3.46. The molecule has 7 heteroatoms. The molecule has 3 N–H and O–H groups in total. The van der Waals surface area contributed by atoms with E-state index in [1.165, 1.54) is 18.2 Å². The molecule has 0 saturated heterocycles. The summed E-state index contributed by atoms with van der Waals surface area (Å²) in [6.45, 7) is 0. The predicted molar refractivity (Wildman–Crippen MR) is 111 cm³/mol. The van der Waals surface area contributed by atoms with E-state index in [0.29, 0.717) is 12.8 Å². The quantitative estimate of drug-likeness (QED) is 0.542. The first-order chi connectivity index (χ1) is 13.9.